The zero-order chi connectivity index (χ0) is 15.9. The molecule has 1 N–H and O–H groups in total. The normalized spacial score (nSPS) is 9.86. The first-order chi connectivity index (χ1) is 10.7. The number of benzene rings is 1. The Kier molecular flexibility index (Phi) is 5.04. The molecule has 0 bridgehead atoms. The molecule has 0 aliphatic rings. The average molecular weight is 295 g/mol. The molecule has 0 radical (unpaired) electrons. The van der Waals surface area contributed by atoms with Crippen molar-refractivity contribution in [1.29, 1.82) is 5.26 Å². The van der Waals surface area contributed by atoms with Gasteiger partial charge in [0.25, 0.3) is 5.91 Å². The van der Waals surface area contributed by atoms with Crippen LogP contribution in [0, 0.1) is 11.3 Å². The topological polar surface area (TPSA) is 81.9 Å². The molecule has 0 unspecified atom stereocenters. The van der Waals surface area contributed by atoms with E-state index in [0.29, 0.717) is 22.9 Å². The lowest BCUT2D eigenvalue weighted by atomic mass is 10.2. The van der Waals surface area contributed by atoms with Crippen molar-refractivity contribution in [2.45, 2.75) is 13.8 Å². The Balaban J connectivity index is 2.19. The molecule has 1 aromatic carbocycles. The number of hydrogen-bond donors (Lipinski definition) is 1. The Hall–Kier alpha value is -2.94. The lowest BCUT2D eigenvalue weighted by molar-refractivity contribution is 0.102. The van der Waals surface area contributed by atoms with Gasteiger partial charge in [-0.1, -0.05) is 6.07 Å². The molecule has 6 nitrogen and oxygen atoms in total. The number of nitriles is 1. The van der Waals surface area contributed by atoms with E-state index in [0.717, 1.165) is 13.1 Å². The monoisotopic (exact) mass is 295 g/mol. The number of aromatic nitrogens is 2. The maximum Gasteiger partial charge on any atom is 0.274 e. The summed E-state index contributed by atoms with van der Waals surface area (Å²) in [6, 6.07) is 10.3. The van der Waals surface area contributed by atoms with E-state index in [9.17, 15) is 4.79 Å². The molecule has 6 heteroatoms. The maximum atomic E-state index is 12.3. The van der Waals surface area contributed by atoms with E-state index in [-0.39, 0.29) is 5.91 Å². The van der Waals surface area contributed by atoms with Crippen LogP contribution in [0.2, 0.25) is 0 Å². The first-order valence-corrected chi connectivity index (χ1v) is 7.07. The Labute approximate surface area is 129 Å². The predicted octanol–water partition coefficient (Wildman–Crippen LogP) is 2.45. The summed E-state index contributed by atoms with van der Waals surface area (Å²) in [5, 5.41) is 11.6. The zero-order valence-corrected chi connectivity index (χ0v) is 12.6. The molecule has 0 spiro atoms. The Morgan fingerprint density at radius 2 is 2.09 bits per heavy atom. The van der Waals surface area contributed by atoms with Gasteiger partial charge in [-0.2, -0.15) is 5.26 Å². The standard InChI is InChI=1S/C16H17N5O/c1-3-21(4-2)16-18-9-8-14(20-16)15(22)19-13-7-5-6-12(10-13)11-17/h5-10H,3-4H2,1-2H3,(H,19,22). The van der Waals surface area contributed by atoms with E-state index >= 15 is 0 Å². The molecule has 0 saturated heterocycles. The predicted molar refractivity (Wildman–Crippen MR) is 84.7 cm³/mol. The number of hydrogen-bond acceptors (Lipinski definition) is 5. The van der Waals surface area contributed by atoms with Crippen LogP contribution in [0.4, 0.5) is 11.6 Å². The summed E-state index contributed by atoms with van der Waals surface area (Å²) in [6.07, 6.45) is 1.57. The molecule has 1 heterocycles. The first-order valence-electron chi connectivity index (χ1n) is 7.07. The number of carbonyl (C=O) groups is 1. The molecular weight excluding hydrogens is 278 g/mol. The van der Waals surface area contributed by atoms with Crippen LogP contribution < -0.4 is 10.2 Å². The molecule has 0 atom stereocenters. The van der Waals surface area contributed by atoms with Gasteiger partial charge in [0.2, 0.25) is 5.95 Å². The summed E-state index contributed by atoms with van der Waals surface area (Å²) in [7, 11) is 0. The van der Waals surface area contributed by atoms with Crippen molar-refractivity contribution in [3.63, 3.8) is 0 Å². The third-order valence-corrected chi connectivity index (χ3v) is 3.17. The zero-order valence-electron chi connectivity index (χ0n) is 12.6. The first kappa shape index (κ1) is 15.4. The van der Waals surface area contributed by atoms with Crippen molar-refractivity contribution in [2.24, 2.45) is 0 Å². The van der Waals surface area contributed by atoms with Crippen molar-refractivity contribution >= 4 is 17.5 Å². The average Bonchev–Trinajstić information content (AvgIpc) is 2.56. The summed E-state index contributed by atoms with van der Waals surface area (Å²) in [6.45, 7) is 5.55. The lowest BCUT2D eigenvalue weighted by Gasteiger charge is -2.18. The molecule has 22 heavy (non-hydrogen) atoms. The summed E-state index contributed by atoms with van der Waals surface area (Å²) >= 11 is 0. The molecule has 1 amide bonds. The maximum absolute atomic E-state index is 12.3. The summed E-state index contributed by atoms with van der Waals surface area (Å²) in [5.74, 6) is 0.203. The Bertz CT molecular complexity index is 704. The second-order valence-corrected chi connectivity index (χ2v) is 4.56. The van der Waals surface area contributed by atoms with Gasteiger partial charge in [-0.15, -0.1) is 0 Å². The number of nitrogens with one attached hydrogen (secondary N) is 1. The van der Waals surface area contributed by atoms with Crippen LogP contribution in [0.25, 0.3) is 0 Å². The minimum absolute atomic E-state index is 0.291. The largest absolute Gasteiger partial charge is 0.341 e. The molecular formula is C16H17N5O. The minimum Gasteiger partial charge on any atom is -0.341 e. The van der Waals surface area contributed by atoms with Crippen molar-refractivity contribution in [2.75, 3.05) is 23.3 Å². The van der Waals surface area contributed by atoms with Crippen molar-refractivity contribution < 1.29 is 4.79 Å². The van der Waals surface area contributed by atoms with Crippen LogP contribution in [0.5, 0.6) is 0 Å². The highest BCUT2D eigenvalue weighted by molar-refractivity contribution is 6.03. The molecule has 0 aliphatic carbocycles. The fraction of sp³-hybridized carbons (Fsp3) is 0.250. The molecule has 112 valence electrons. The SMILES string of the molecule is CCN(CC)c1nccc(C(=O)Nc2cccc(C#N)c2)n1. The number of amides is 1. The highest BCUT2D eigenvalue weighted by atomic mass is 16.1. The number of anilines is 2. The number of nitrogens with zero attached hydrogens (tertiary/aromatic N) is 4. The van der Waals surface area contributed by atoms with Gasteiger partial charge < -0.3 is 10.2 Å². The highest BCUT2D eigenvalue weighted by Gasteiger charge is 2.12. The molecule has 2 rings (SSSR count). The minimum atomic E-state index is -0.328. The van der Waals surface area contributed by atoms with Gasteiger partial charge in [0.1, 0.15) is 5.69 Å². The Morgan fingerprint density at radius 3 is 2.77 bits per heavy atom. The van der Waals surface area contributed by atoms with Gasteiger partial charge in [-0.3, -0.25) is 4.79 Å². The molecule has 0 fully saturated rings. The van der Waals surface area contributed by atoms with Gasteiger partial charge in [-0.05, 0) is 38.1 Å². The van der Waals surface area contributed by atoms with Crippen molar-refractivity contribution in [3.8, 4) is 6.07 Å². The third-order valence-electron chi connectivity index (χ3n) is 3.17. The van der Waals surface area contributed by atoms with Gasteiger partial charge in [0, 0.05) is 25.0 Å². The van der Waals surface area contributed by atoms with Crippen molar-refractivity contribution in [3.05, 3.63) is 47.8 Å². The molecule has 0 saturated carbocycles. The molecule has 0 aliphatic heterocycles. The number of rotatable bonds is 5. The summed E-state index contributed by atoms with van der Waals surface area (Å²) < 4.78 is 0. The van der Waals surface area contributed by atoms with E-state index < -0.39 is 0 Å². The highest BCUT2D eigenvalue weighted by Crippen LogP contribution is 2.12. The van der Waals surface area contributed by atoms with Gasteiger partial charge >= 0.3 is 0 Å². The van der Waals surface area contributed by atoms with Crippen LogP contribution in [0.1, 0.15) is 29.9 Å². The smallest absolute Gasteiger partial charge is 0.274 e. The van der Waals surface area contributed by atoms with E-state index in [1.54, 1.807) is 36.5 Å². The number of carbonyl (C=O) groups excluding carboxylic acids is 1. The fourth-order valence-corrected chi connectivity index (χ4v) is 2.00. The lowest BCUT2D eigenvalue weighted by Crippen LogP contribution is -2.25. The van der Waals surface area contributed by atoms with Gasteiger partial charge in [-0.25, -0.2) is 9.97 Å². The van der Waals surface area contributed by atoms with Gasteiger partial charge in [0.05, 0.1) is 11.6 Å². The van der Waals surface area contributed by atoms with E-state index in [1.165, 1.54) is 0 Å². The van der Waals surface area contributed by atoms with E-state index in [1.807, 2.05) is 24.8 Å². The van der Waals surface area contributed by atoms with Crippen LogP contribution in [-0.2, 0) is 0 Å². The summed E-state index contributed by atoms with van der Waals surface area (Å²) in [5.41, 5.74) is 1.34. The van der Waals surface area contributed by atoms with Crippen LogP contribution >= 0.6 is 0 Å². The molecule has 1 aromatic heterocycles. The molecule has 2 aromatic rings. The van der Waals surface area contributed by atoms with Crippen LogP contribution in [0.15, 0.2) is 36.5 Å². The van der Waals surface area contributed by atoms with E-state index in [4.69, 9.17) is 5.26 Å². The van der Waals surface area contributed by atoms with E-state index in [2.05, 4.69) is 15.3 Å². The third kappa shape index (κ3) is 3.58. The van der Waals surface area contributed by atoms with Crippen LogP contribution in [-0.4, -0.2) is 29.0 Å². The Morgan fingerprint density at radius 1 is 1.32 bits per heavy atom. The van der Waals surface area contributed by atoms with Gasteiger partial charge in [0.15, 0.2) is 0 Å². The van der Waals surface area contributed by atoms with Crippen LogP contribution in [0.3, 0.4) is 0 Å². The fourth-order valence-electron chi connectivity index (χ4n) is 2.00. The second kappa shape index (κ2) is 7.18. The van der Waals surface area contributed by atoms with Crippen molar-refractivity contribution in [1.82, 2.24) is 9.97 Å². The second-order valence-electron chi connectivity index (χ2n) is 4.56. The summed E-state index contributed by atoms with van der Waals surface area (Å²) in [4.78, 5) is 22.7. The quantitative estimate of drug-likeness (QED) is 0.916.